The molecule has 0 unspecified atom stereocenters. The van der Waals surface area contributed by atoms with E-state index in [1.165, 1.54) is 24.4 Å². The van der Waals surface area contributed by atoms with E-state index in [1.54, 1.807) is 6.07 Å². The first-order valence-corrected chi connectivity index (χ1v) is 4.95. The molecule has 15 heavy (non-hydrogen) atoms. The predicted molar refractivity (Wildman–Crippen MR) is 56.1 cm³/mol. The van der Waals surface area contributed by atoms with Crippen LogP contribution in [0, 0.1) is 17.8 Å². The highest BCUT2D eigenvalue weighted by molar-refractivity contribution is 9.10. The van der Waals surface area contributed by atoms with Crippen molar-refractivity contribution in [3.8, 4) is 11.1 Å². The molecule has 2 rings (SSSR count). The minimum absolute atomic E-state index is 0.338. The van der Waals surface area contributed by atoms with E-state index in [0.29, 0.717) is 15.6 Å². The van der Waals surface area contributed by atoms with Crippen molar-refractivity contribution in [1.82, 2.24) is 4.98 Å². The molecule has 0 saturated heterocycles. The molecule has 75 valence electrons. The zero-order chi connectivity index (χ0) is 10.8. The molecule has 1 aromatic heterocycles. The highest BCUT2D eigenvalue weighted by Gasteiger charge is 2.09. The second-order valence-electron chi connectivity index (χ2n) is 2.88. The number of aromatic nitrogens is 1. The molecule has 0 aliphatic rings. The Bertz CT molecular complexity index is 462. The first-order chi connectivity index (χ1) is 7.18. The fourth-order valence-corrected chi connectivity index (χ4v) is 1.77. The van der Waals surface area contributed by atoms with Crippen LogP contribution in [0.4, 0.5) is 8.78 Å². The number of rotatable bonds is 1. The summed E-state index contributed by atoms with van der Waals surface area (Å²) in [7, 11) is 0. The zero-order valence-corrected chi connectivity index (χ0v) is 9.05. The Kier molecular flexibility index (Phi) is 2.77. The molecule has 2 aromatic rings. The molecule has 4 heteroatoms. The van der Waals surface area contributed by atoms with Gasteiger partial charge < -0.3 is 0 Å². The lowest BCUT2D eigenvalue weighted by atomic mass is 10.1. The molecule has 0 atom stereocenters. The summed E-state index contributed by atoms with van der Waals surface area (Å²) in [6.07, 6.45) is 1.28. The minimum Gasteiger partial charge on any atom is -0.228 e. The van der Waals surface area contributed by atoms with Gasteiger partial charge in [-0.15, -0.1) is 0 Å². The maximum Gasteiger partial charge on any atom is 0.212 e. The maximum absolute atomic E-state index is 13.4. The van der Waals surface area contributed by atoms with E-state index >= 15 is 0 Å². The molecular formula is C11H5BrF2N. The third-order valence-corrected chi connectivity index (χ3v) is 2.57. The number of benzene rings is 1. The van der Waals surface area contributed by atoms with E-state index in [-0.39, 0.29) is 0 Å². The number of hydrogen-bond acceptors (Lipinski definition) is 1. The van der Waals surface area contributed by atoms with Gasteiger partial charge >= 0.3 is 0 Å². The van der Waals surface area contributed by atoms with Crippen molar-refractivity contribution in [2.24, 2.45) is 0 Å². The number of nitrogens with zero attached hydrogens (tertiary/aromatic N) is 1. The summed E-state index contributed by atoms with van der Waals surface area (Å²) in [5.41, 5.74) is 0.850. The van der Waals surface area contributed by atoms with E-state index in [1.807, 2.05) is 0 Å². The van der Waals surface area contributed by atoms with Crippen molar-refractivity contribution < 1.29 is 8.78 Å². The maximum atomic E-state index is 13.4. The molecule has 0 fully saturated rings. The van der Waals surface area contributed by atoms with Gasteiger partial charge in [0.05, 0.1) is 0 Å². The van der Waals surface area contributed by atoms with Gasteiger partial charge in [-0.05, 0) is 18.2 Å². The molecule has 0 amide bonds. The van der Waals surface area contributed by atoms with Crippen molar-refractivity contribution >= 4 is 15.9 Å². The fraction of sp³-hybridized carbons (Fsp3) is 0. The molecule has 1 radical (unpaired) electrons. The van der Waals surface area contributed by atoms with Crippen LogP contribution in [0.15, 0.2) is 34.9 Å². The summed E-state index contributed by atoms with van der Waals surface area (Å²) >= 11 is 3.22. The van der Waals surface area contributed by atoms with Gasteiger partial charge in [0.25, 0.3) is 0 Å². The molecule has 1 aromatic carbocycles. The van der Waals surface area contributed by atoms with E-state index in [4.69, 9.17) is 0 Å². The Hall–Kier alpha value is -1.29. The Labute approximate surface area is 93.9 Å². The molecule has 1 heterocycles. The van der Waals surface area contributed by atoms with E-state index < -0.39 is 11.8 Å². The Balaban J connectivity index is 2.58. The summed E-state index contributed by atoms with van der Waals surface area (Å²) in [5, 5.41) is 0. The predicted octanol–water partition coefficient (Wildman–Crippen LogP) is 3.59. The number of halogens is 3. The minimum atomic E-state index is -0.588. The molecule has 0 N–H and O–H groups in total. The van der Waals surface area contributed by atoms with Crippen molar-refractivity contribution in [1.29, 1.82) is 0 Å². The molecule has 1 nitrogen and oxygen atoms in total. The smallest absolute Gasteiger partial charge is 0.212 e. The van der Waals surface area contributed by atoms with Crippen molar-refractivity contribution in [3.63, 3.8) is 0 Å². The van der Waals surface area contributed by atoms with Gasteiger partial charge in [-0.3, -0.25) is 0 Å². The van der Waals surface area contributed by atoms with Crippen LogP contribution in [0.3, 0.4) is 0 Å². The molecule has 0 aliphatic heterocycles. The van der Waals surface area contributed by atoms with E-state index in [2.05, 4.69) is 27.0 Å². The molecule has 0 bridgehead atoms. The van der Waals surface area contributed by atoms with Gasteiger partial charge in [-0.25, -0.2) is 9.37 Å². The molecule has 0 spiro atoms. The van der Waals surface area contributed by atoms with Crippen LogP contribution in [0.5, 0.6) is 0 Å². The van der Waals surface area contributed by atoms with Crippen molar-refractivity contribution in [2.45, 2.75) is 0 Å². The van der Waals surface area contributed by atoms with E-state index in [0.717, 1.165) is 0 Å². The van der Waals surface area contributed by atoms with Gasteiger partial charge in [0.2, 0.25) is 5.95 Å². The lowest BCUT2D eigenvalue weighted by molar-refractivity contribution is 0.583. The normalized spacial score (nSPS) is 10.3. The highest BCUT2D eigenvalue weighted by atomic mass is 79.9. The van der Waals surface area contributed by atoms with Crippen LogP contribution in [0.1, 0.15) is 0 Å². The summed E-state index contributed by atoms with van der Waals surface area (Å²) in [5.74, 6) is -1.08. The van der Waals surface area contributed by atoms with Gasteiger partial charge in [0, 0.05) is 27.9 Å². The van der Waals surface area contributed by atoms with Crippen LogP contribution in [-0.4, -0.2) is 4.98 Å². The van der Waals surface area contributed by atoms with Gasteiger partial charge in [0.15, 0.2) is 0 Å². The van der Waals surface area contributed by atoms with Crippen LogP contribution < -0.4 is 0 Å². The summed E-state index contributed by atoms with van der Waals surface area (Å²) in [6, 6.07) is 8.24. The van der Waals surface area contributed by atoms with E-state index in [9.17, 15) is 8.78 Å². The summed E-state index contributed by atoms with van der Waals surface area (Å²) in [4.78, 5) is 3.47. The van der Waals surface area contributed by atoms with Crippen LogP contribution in [0.25, 0.3) is 11.1 Å². The Morgan fingerprint density at radius 3 is 2.60 bits per heavy atom. The first-order valence-electron chi connectivity index (χ1n) is 4.16. The number of pyridine rings is 1. The monoisotopic (exact) mass is 268 g/mol. The standard InChI is InChI=1S/C11H5BrF2N/c12-8-2-1-3-9(13)11(8)7-4-5-10(14)15-6-7/h1-2,4-6H. The number of hydrogen-bond donors (Lipinski definition) is 0. The third-order valence-electron chi connectivity index (χ3n) is 1.91. The highest BCUT2D eigenvalue weighted by Crippen LogP contribution is 2.29. The second kappa shape index (κ2) is 4.06. The van der Waals surface area contributed by atoms with Gasteiger partial charge in [-0.1, -0.05) is 22.0 Å². The quantitative estimate of drug-likeness (QED) is 0.721. The lowest BCUT2D eigenvalue weighted by Crippen LogP contribution is -1.88. The third kappa shape index (κ3) is 2.04. The summed E-state index contributed by atoms with van der Waals surface area (Å²) in [6.45, 7) is 0. The van der Waals surface area contributed by atoms with Crippen molar-refractivity contribution in [3.05, 3.63) is 52.8 Å². The average Bonchev–Trinajstić information content (AvgIpc) is 2.20. The molecule has 0 aliphatic carbocycles. The Morgan fingerprint density at radius 1 is 1.20 bits per heavy atom. The summed E-state index contributed by atoms with van der Waals surface area (Å²) < 4.78 is 26.6. The van der Waals surface area contributed by atoms with Crippen LogP contribution in [0.2, 0.25) is 0 Å². The molecule has 0 saturated carbocycles. The topological polar surface area (TPSA) is 12.9 Å². The SMILES string of the molecule is Fc1ccc(-c2c(F)[c]ccc2Br)cn1. The fourth-order valence-electron chi connectivity index (χ4n) is 1.24. The second-order valence-corrected chi connectivity index (χ2v) is 3.74. The van der Waals surface area contributed by atoms with Crippen molar-refractivity contribution in [2.75, 3.05) is 0 Å². The zero-order valence-electron chi connectivity index (χ0n) is 7.47. The largest absolute Gasteiger partial charge is 0.228 e. The average molecular weight is 269 g/mol. The Morgan fingerprint density at radius 2 is 2.00 bits per heavy atom. The van der Waals surface area contributed by atoms with Crippen LogP contribution >= 0.6 is 15.9 Å². The lowest BCUT2D eigenvalue weighted by Gasteiger charge is -2.04. The first kappa shape index (κ1) is 10.2. The molecular weight excluding hydrogens is 264 g/mol. The van der Waals surface area contributed by atoms with Crippen LogP contribution in [-0.2, 0) is 0 Å². The van der Waals surface area contributed by atoms with Gasteiger partial charge in [-0.2, -0.15) is 4.39 Å². The van der Waals surface area contributed by atoms with Gasteiger partial charge in [0.1, 0.15) is 5.82 Å².